The molecule has 0 aromatic carbocycles. The van der Waals surface area contributed by atoms with Gasteiger partial charge in [0.05, 0.1) is 39.9 Å². The van der Waals surface area contributed by atoms with E-state index in [2.05, 4.69) is 55.6 Å². The standard InChI is InChI=1S/C64H123N2O6P/c1-6-8-10-12-14-16-18-20-22-24-26-28-30-32-33-34-36-38-40-42-44-46-48-50-52-54-56-58-64(68)65-62(61-72-73(69,70)71-60-59-66(3,4)5)63(67)57-55-53-51-49-47-45-43-41-39-37-35-31-29-27-25-23-21-19-17-15-13-11-9-7-2/h32-33,39,41,47,49,55,57,62-63,67H,6-31,34-38,40,42-46,48,50-54,56,58-61H2,1-5H3,(H-,65,68,69,70)/b33-32-,41-39+,49-47+,57-55+. The van der Waals surface area contributed by atoms with E-state index in [9.17, 15) is 19.4 Å². The molecule has 0 aliphatic heterocycles. The number of phosphoric acid groups is 1. The van der Waals surface area contributed by atoms with Crippen molar-refractivity contribution in [1.82, 2.24) is 5.32 Å². The summed E-state index contributed by atoms with van der Waals surface area (Å²) in [5, 5.41) is 13.9. The second-order valence-corrected chi connectivity index (χ2v) is 24.2. The molecule has 0 saturated carbocycles. The molecule has 0 aliphatic carbocycles. The van der Waals surface area contributed by atoms with Gasteiger partial charge in [-0.2, -0.15) is 0 Å². The summed E-state index contributed by atoms with van der Waals surface area (Å²) in [6.45, 7) is 4.66. The molecule has 0 saturated heterocycles. The van der Waals surface area contributed by atoms with Gasteiger partial charge in [0.1, 0.15) is 13.2 Å². The summed E-state index contributed by atoms with van der Waals surface area (Å²) in [7, 11) is 1.24. The Morgan fingerprint density at radius 1 is 0.466 bits per heavy atom. The number of quaternary nitrogens is 1. The fourth-order valence-electron chi connectivity index (χ4n) is 9.30. The zero-order valence-corrected chi connectivity index (χ0v) is 50.0. The normalized spacial score (nSPS) is 14.1. The number of aliphatic hydroxyl groups is 1. The Labute approximate surface area is 454 Å². The predicted octanol–water partition coefficient (Wildman–Crippen LogP) is 18.9. The third-order valence-electron chi connectivity index (χ3n) is 14.2. The van der Waals surface area contributed by atoms with E-state index in [0.717, 1.165) is 44.9 Å². The van der Waals surface area contributed by atoms with Crippen LogP contribution in [0.15, 0.2) is 48.6 Å². The van der Waals surface area contributed by atoms with Gasteiger partial charge in [0.25, 0.3) is 7.82 Å². The van der Waals surface area contributed by atoms with Crippen molar-refractivity contribution in [2.75, 3.05) is 40.9 Å². The lowest BCUT2D eigenvalue weighted by molar-refractivity contribution is -0.870. The molecule has 0 fully saturated rings. The van der Waals surface area contributed by atoms with E-state index in [1.165, 1.54) is 238 Å². The average Bonchev–Trinajstić information content (AvgIpc) is 3.35. The molecule has 0 rings (SSSR count). The summed E-state index contributed by atoms with van der Waals surface area (Å²) in [5.74, 6) is -0.209. The number of nitrogens with zero attached hydrogens (tertiary/aromatic N) is 1. The first-order chi connectivity index (χ1) is 35.5. The molecule has 0 spiro atoms. The van der Waals surface area contributed by atoms with Crippen molar-refractivity contribution in [3.8, 4) is 0 Å². The first-order valence-corrected chi connectivity index (χ1v) is 33.0. The van der Waals surface area contributed by atoms with Crippen molar-refractivity contribution >= 4 is 13.7 Å². The van der Waals surface area contributed by atoms with Crippen LogP contribution in [0.25, 0.3) is 0 Å². The van der Waals surface area contributed by atoms with E-state index in [1.54, 1.807) is 6.08 Å². The number of hydrogen-bond donors (Lipinski definition) is 2. The van der Waals surface area contributed by atoms with Crippen LogP contribution < -0.4 is 10.2 Å². The Hall–Kier alpha value is -1.54. The number of phosphoric ester groups is 1. The summed E-state index contributed by atoms with van der Waals surface area (Å²) in [6.07, 6.45) is 73.5. The van der Waals surface area contributed by atoms with E-state index in [-0.39, 0.29) is 12.5 Å². The Bertz CT molecular complexity index is 1330. The molecule has 0 radical (unpaired) electrons. The number of hydrogen-bond acceptors (Lipinski definition) is 6. The lowest BCUT2D eigenvalue weighted by Crippen LogP contribution is -2.45. The largest absolute Gasteiger partial charge is 0.756 e. The topological polar surface area (TPSA) is 108 Å². The smallest absolute Gasteiger partial charge is 0.268 e. The molecule has 9 heteroatoms. The quantitative estimate of drug-likeness (QED) is 0.0272. The fraction of sp³-hybridized carbons (Fsp3) is 0.859. The molecule has 0 aromatic rings. The Morgan fingerprint density at radius 3 is 1.11 bits per heavy atom. The van der Waals surface area contributed by atoms with Crippen LogP contribution in [0.4, 0.5) is 0 Å². The van der Waals surface area contributed by atoms with Crippen LogP contribution in [0.1, 0.15) is 303 Å². The van der Waals surface area contributed by atoms with Crippen LogP contribution in [0, 0.1) is 0 Å². The highest BCUT2D eigenvalue weighted by Crippen LogP contribution is 2.38. The van der Waals surface area contributed by atoms with Gasteiger partial charge in [-0.1, -0.05) is 274 Å². The first kappa shape index (κ1) is 71.5. The number of aliphatic hydroxyl groups excluding tert-OH is 1. The lowest BCUT2D eigenvalue weighted by atomic mass is 10.0. The SMILES string of the molecule is CCCCCCCCCCCCCC/C=C\CCCCCCCCCCCCCC(=O)NC(COP(=O)([O-])OCC[N+](C)(C)C)C(O)/C=C/CC/C=C/CC/C=C/CCCCCCCCCCCCCCCC. The van der Waals surface area contributed by atoms with E-state index >= 15 is 0 Å². The number of unbranched alkanes of at least 4 members (excludes halogenated alkanes) is 39. The van der Waals surface area contributed by atoms with E-state index in [0.29, 0.717) is 17.4 Å². The summed E-state index contributed by atoms with van der Waals surface area (Å²) in [6, 6.07) is -0.912. The number of amides is 1. The second kappa shape index (κ2) is 55.2. The Morgan fingerprint density at radius 2 is 0.767 bits per heavy atom. The molecule has 430 valence electrons. The van der Waals surface area contributed by atoms with Gasteiger partial charge in [0.15, 0.2) is 0 Å². The van der Waals surface area contributed by atoms with Crippen LogP contribution in [0.2, 0.25) is 0 Å². The maximum Gasteiger partial charge on any atom is 0.268 e. The van der Waals surface area contributed by atoms with Crippen molar-refractivity contribution in [3.63, 3.8) is 0 Å². The third-order valence-corrected chi connectivity index (χ3v) is 15.2. The minimum atomic E-state index is -4.61. The maximum absolute atomic E-state index is 13.0. The minimum Gasteiger partial charge on any atom is -0.756 e. The van der Waals surface area contributed by atoms with Crippen LogP contribution in [-0.4, -0.2) is 68.5 Å². The van der Waals surface area contributed by atoms with Crippen molar-refractivity contribution in [2.24, 2.45) is 0 Å². The molecule has 3 atom stereocenters. The van der Waals surface area contributed by atoms with Gasteiger partial charge < -0.3 is 28.8 Å². The van der Waals surface area contributed by atoms with Gasteiger partial charge in [0.2, 0.25) is 5.91 Å². The molecule has 1 amide bonds. The molecule has 8 nitrogen and oxygen atoms in total. The molecule has 73 heavy (non-hydrogen) atoms. The van der Waals surface area contributed by atoms with E-state index in [1.807, 2.05) is 27.2 Å². The number of nitrogens with one attached hydrogen (secondary N) is 1. The van der Waals surface area contributed by atoms with Gasteiger partial charge in [-0.25, -0.2) is 0 Å². The van der Waals surface area contributed by atoms with Crippen LogP contribution in [0.5, 0.6) is 0 Å². The highest BCUT2D eigenvalue weighted by atomic mass is 31.2. The van der Waals surface area contributed by atoms with Gasteiger partial charge in [-0.15, -0.1) is 0 Å². The fourth-order valence-corrected chi connectivity index (χ4v) is 10.0. The van der Waals surface area contributed by atoms with Gasteiger partial charge in [-0.3, -0.25) is 9.36 Å². The van der Waals surface area contributed by atoms with Gasteiger partial charge >= 0.3 is 0 Å². The highest BCUT2D eigenvalue weighted by Gasteiger charge is 2.23. The monoisotopic (exact) mass is 1050 g/mol. The molecule has 2 N–H and O–H groups in total. The molecule has 3 unspecified atom stereocenters. The van der Waals surface area contributed by atoms with Crippen LogP contribution in [0.3, 0.4) is 0 Å². The van der Waals surface area contributed by atoms with Crippen molar-refractivity contribution in [1.29, 1.82) is 0 Å². The van der Waals surface area contributed by atoms with Crippen molar-refractivity contribution in [3.05, 3.63) is 48.6 Å². The summed E-state index contributed by atoms with van der Waals surface area (Å²) >= 11 is 0. The predicted molar refractivity (Wildman–Crippen MR) is 316 cm³/mol. The zero-order chi connectivity index (χ0) is 53.5. The summed E-state index contributed by atoms with van der Waals surface area (Å²) < 4.78 is 23.4. The maximum atomic E-state index is 13.0. The van der Waals surface area contributed by atoms with E-state index < -0.39 is 26.6 Å². The molecule has 0 heterocycles. The minimum absolute atomic E-state index is 0.00919. The number of carbonyl (C=O) groups excluding carboxylic acids is 1. The number of carbonyl (C=O) groups is 1. The van der Waals surface area contributed by atoms with Crippen molar-refractivity contribution in [2.45, 2.75) is 315 Å². The number of allylic oxidation sites excluding steroid dienone is 7. The molecule has 0 aromatic heterocycles. The zero-order valence-electron chi connectivity index (χ0n) is 49.1. The molecule has 0 aliphatic rings. The van der Waals surface area contributed by atoms with Gasteiger partial charge in [-0.05, 0) is 70.6 Å². The van der Waals surface area contributed by atoms with Crippen molar-refractivity contribution < 1.29 is 32.9 Å². The summed E-state index contributed by atoms with van der Waals surface area (Å²) in [4.78, 5) is 25.5. The van der Waals surface area contributed by atoms with Crippen LogP contribution in [-0.2, 0) is 18.4 Å². The second-order valence-electron chi connectivity index (χ2n) is 22.7. The lowest BCUT2D eigenvalue weighted by Gasteiger charge is -2.29. The third kappa shape index (κ3) is 58.0. The van der Waals surface area contributed by atoms with Gasteiger partial charge in [0, 0.05) is 6.42 Å². The first-order valence-electron chi connectivity index (χ1n) is 31.5. The Kier molecular flexibility index (Phi) is 54.1. The number of rotatable bonds is 58. The van der Waals surface area contributed by atoms with E-state index in [4.69, 9.17) is 9.05 Å². The average molecular weight is 1050 g/mol. The molecular weight excluding hydrogens is 924 g/mol. The Balaban J connectivity index is 4.21. The van der Waals surface area contributed by atoms with Crippen LogP contribution >= 0.6 is 7.82 Å². The molecule has 0 bridgehead atoms. The number of likely N-dealkylation sites (N-methyl/N-ethyl adjacent to an activating group) is 1. The highest BCUT2D eigenvalue weighted by molar-refractivity contribution is 7.45. The summed E-state index contributed by atoms with van der Waals surface area (Å²) in [5.41, 5.74) is 0. The molecular formula is C64H123N2O6P.